The molecule has 0 aliphatic rings. The van der Waals surface area contributed by atoms with E-state index < -0.39 is 17.0 Å². The summed E-state index contributed by atoms with van der Waals surface area (Å²) in [5.74, 6) is 0. The van der Waals surface area contributed by atoms with E-state index in [0.29, 0.717) is 0 Å². The Hall–Kier alpha value is 2.73. The molecule has 0 fully saturated rings. The van der Waals surface area contributed by atoms with Gasteiger partial charge >= 0.3 is 106 Å². The average molecular weight is 248 g/mol. The molecule has 0 saturated carbocycles. The summed E-state index contributed by atoms with van der Waals surface area (Å²) >= 11 is 0. The van der Waals surface area contributed by atoms with Crippen molar-refractivity contribution in [3.8, 4) is 0 Å². The first-order valence-electron chi connectivity index (χ1n) is 1.43. The molecule has 12 heteroatoms. The molecule has 0 saturated heterocycles. The molecule has 0 aliphatic heterocycles. The van der Waals surface area contributed by atoms with E-state index in [1.54, 1.807) is 0 Å². The standard InChI is InChI=1S/3Na.H3O4P.H2O3Si.3H/c;;;1-5(2,3)4;1-4(2)3;;;/h;;;(H3,1,2,3,4);1-2H;;;. The summed E-state index contributed by atoms with van der Waals surface area (Å²) in [5, 5.41) is 0. The fourth-order valence-corrected chi connectivity index (χ4v) is 0. The molecule has 0 unspecified atom stereocenters. The number of phosphoric acid groups is 1. The van der Waals surface area contributed by atoms with Crippen LogP contribution in [0.1, 0.15) is 0 Å². The van der Waals surface area contributed by atoms with E-state index in [1.807, 2.05) is 0 Å². The number of rotatable bonds is 0. The van der Waals surface area contributed by atoms with E-state index in [1.165, 1.54) is 0 Å². The van der Waals surface area contributed by atoms with Gasteiger partial charge in [0.15, 0.2) is 0 Å². The van der Waals surface area contributed by atoms with Gasteiger partial charge in [0.2, 0.25) is 0 Å². The van der Waals surface area contributed by atoms with Crippen LogP contribution < -0.4 is 0 Å². The summed E-state index contributed by atoms with van der Waals surface area (Å²) in [5.41, 5.74) is 0. The monoisotopic (exact) mass is 248 g/mol. The molecule has 0 aliphatic carbocycles. The first-order chi connectivity index (χ1) is 3.73. The van der Waals surface area contributed by atoms with Crippen LogP contribution in [0, 0.1) is 0 Å². The summed E-state index contributed by atoms with van der Waals surface area (Å²) in [6.45, 7) is 0. The molecule has 5 N–H and O–H groups in total. The van der Waals surface area contributed by atoms with E-state index in [9.17, 15) is 0 Å². The van der Waals surface area contributed by atoms with E-state index in [0.717, 1.165) is 0 Å². The van der Waals surface area contributed by atoms with Crippen molar-refractivity contribution in [1.82, 2.24) is 0 Å². The fraction of sp³-hybridized carbons (Fsp3) is 0. The third kappa shape index (κ3) is 235. The summed E-state index contributed by atoms with van der Waals surface area (Å²) in [4.78, 5) is 35.9. The van der Waals surface area contributed by atoms with Gasteiger partial charge < -0.3 is 24.3 Å². The Kier molecular flexibility index (Phi) is 39.5. The van der Waals surface area contributed by atoms with Crippen molar-refractivity contribution >= 4 is 106 Å². The Morgan fingerprint density at radius 1 is 0.917 bits per heavy atom. The quantitative estimate of drug-likeness (QED) is 0.215. The van der Waals surface area contributed by atoms with Gasteiger partial charge in [0.1, 0.15) is 0 Å². The van der Waals surface area contributed by atoms with E-state index >= 15 is 0 Å². The summed E-state index contributed by atoms with van der Waals surface area (Å²) in [6.07, 6.45) is 0. The molecule has 0 heterocycles. The third-order valence-electron chi connectivity index (χ3n) is 0. The zero-order valence-electron chi connectivity index (χ0n) is 4.00. The van der Waals surface area contributed by atoms with Gasteiger partial charge in [-0.25, -0.2) is 4.57 Å². The Balaban J connectivity index is -0.0000000221. The van der Waals surface area contributed by atoms with E-state index in [2.05, 4.69) is 0 Å². The van der Waals surface area contributed by atoms with Crippen LogP contribution in [0.5, 0.6) is 0 Å². The predicted molar refractivity (Wildman–Crippen MR) is 46.6 cm³/mol. The average Bonchev–Trinajstić information content (AvgIpc) is 1.19. The molecule has 0 radical (unpaired) electrons. The van der Waals surface area contributed by atoms with Gasteiger partial charge in [-0.15, -0.1) is 0 Å². The van der Waals surface area contributed by atoms with Crippen LogP contribution >= 0.6 is 7.82 Å². The van der Waals surface area contributed by atoms with Crippen molar-refractivity contribution in [2.45, 2.75) is 0 Å². The Morgan fingerprint density at radius 3 is 0.917 bits per heavy atom. The van der Waals surface area contributed by atoms with Crippen LogP contribution in [-0.2, 0) is 9.03 Å². The molecule has 0 aromatic rings. The molecule has 12 heavy (non-hydrogen) atoms. The van der Waals surface area contributed by atoms with Crippen LogP contribution in [0.2, 0.25) is 0 Å². The normalized spacial score (nSPS) is 6.92. The second-order valence-corrected chi connectivity index (χ2v) is 2.39. The van der Waals surface area contributed by atoms with Crippen molar-refractivity contribution in [2.24, 2.45) is 0 Å². The van der Waals surface area contributed by atoms with E-state index in [-0.39, 0.29) is 88.7 Å². The minimum atomic E-state index is -4.64. The van der Waals surface area contributed by atoms with Gasteiger partial charge in [-0.3, -0.25) is 4.46 Å². The number of hydrogen-bond acceptors (Lipinski definition) is 2. The van der Waals surface area contributed by atoms with Crippen LogP contribution in [0.4, 0.5) is 0 Å². The second kappa shape index (κ2) is 16.2. The third-order valence-corrected chi connectivity index (χ3v) is 0. The molecule has 0 spiro atoms. The molecule has 0 aromatic carbocycles. The molecule has 0 bridgehead atoms. The van der Waals surface area contributed by atoms with Gasteiger partial charge in [-0.05, 0) is 0 Å². The Morgan fingerprint density at radius 2 is 0.917 bits per heavy atom. The van der Waals surface area contributed by atoms with Crippen molar-refractivity contribution < 1.29 is 33.3 Å². The molecule has 0 atom stereocenters. The molecular formula is H8Na3O7PSi. The summed E-state index contributed by atoms with van der Waals surface area (Å²) < 4.78 is 17.6. The zero-order chi connectivity index (χ0) is 8.08. The first-order valence-corrected chi connectivity index (χ1v) is 4.30. The van der Waals surface area contributed by atoms with E-state index in [4.69, 9.17) is 33.3 Å². The summed E-state index contributed by atoms with van der Waals surface area (Å²) in [7, 11) is -7.77. The van der Waals surface area contributed by atoms with Crippen LogP contribution in [0.15, 0.2) is 0 Å². The molecule has 62 valence electrons. The minimum absolute atomic E-state index is 0. The maximum atomic E-state index is 8.88. The molecule has 0 aromatic heterocycles. The van der Waals surface area contributed by atoms with Gasteiger partial charge in [-0.2, -0.15) is 0 Å². The van der Waals surface area contributed by atoms with Gasteiger partial charge in [0.05, 0.1) is 0 Å². The first kappa shape index (κ1) is 29.3. The second-order valence-electron chi connectivity index (χ2n) is 0.796. The predicted octanol–water partition coefficient (Wildman–Crippen LogP) is -4.49. The van der Waals surface area contributed by atoms with Gasteiger partial charge in [0, 0.05) is 0 Å². The Bertz CT molecular complexity index is 118. The zero-order valence-corrected chi connectivity index (χ0v) is 5.89. The fourth-order valence-electron chi connectivity index (χ4n) is 0. The van der Waals surface area contributed by atoms with Crippen molar-refractivity contribution in [1.29, 1.82) is 0 Å². The summed E-state index contributed by atoms with van der Waals surface area (Å²) in [6, 6.07) is 0. The Labute approximate surface area is 137 Å². The topological polar surface area (TPSA) is 135 Å². The SMILES string of the molecule is O=P(O)(O)O.O=[Si](O)O.[NaH].[NaH].[NaH]. The van der Waals surface area contributed by atoms with Gasteiger partial charge in [0.25, 0.3) is 0 Å². The molecule has 0 amide bonds. The van der Waals surface area contributed by atoms with Crippen LogP contribution in [0.25, 0.3) is 0 Å². The number of hydrogen-bond donors (Lipinski definition) is 5. The van der Waals surface area contributed by atoms with Crippen molar-refractivity contribution in [3.05, 3.63) is 0 Å². The van der Waals surface area contributed by atoms with Crippen LogP contribution in [-0.4, -0.2) is 122 Å². The molecular weight excluding hydrogens is 240 g/mol. The maximum absolute atomic E-state index is 8.88. The van der Waals surface area contributed by atoms with Crippen molar-refractivity contribution in [2.75, 3.05) is 0 Å². The molecule has 7 nitrogen and oxygen atoms in total. The van der Waals surface area contributed by atoms with Crippen molar-refractivity contribution in [3.63, 3.8) is 0 Å². The van der Waals surface area contributed by atoms with Gasteiger partial charge in [-0.1, -0.05) is 0 Å². The van der Waals surface area contributed by atoms with Crippen LogP contribution in [0.3, 0.4) is 0 Å². The molecule has 0 rings (SSSR count).